The minimum absolute atomic E-state index is 0.204. The second-order valence-corrected chi connectivity index (χ2v) is 6.95. The van der Waals surface area contributed by atoms with Gasteiger partial charge in [-0.1, -0.05) is 17.3 Å². The zero-order valence-corrected chi connectivity index (χ0v) is 15.4. The number of hydrogen-bond acceptors (Lipinski definition) is 6. The van der Waals surface area contributed by atoms with Crippen molar-refractivity contribution in [2.75, 3.05) is 26.2 Å². The van der Waals surface area contributed by atoms with Crippen molar-refractivity contribution in [3.8, 4) is 5.75 Å². The molecule has 0 radical (unpaired) electrons. The lowest BCUT2D eigenvalue weighted by molar-refractivity contribution is 0.236. The lowest BCUT2D eigenvalue weighted by Gasteiger charge is -2.21. The van der Waals surface area contributed by atoms with Crippen molar-refractivity contribution in [1.29, 1.82) is 0 Å². The van der Waals surface area contributed by atoms with Crippen LogP contribution in [0.5, 0.6) is 5.75 Å². The van der Waals surface area contributed by atoms with E-state index in [0.717, 1.165) is 57.3 Å². The molecule has 0 aliphatic carbocycles. The number of aryl methyl sites for hydroxylation is 1. The van der Waals surface area contributed by atoms with Crippen LogP contribution in [0.3, 0.4) is 0 Å². The van der Waals surface area contributed by atoms with Crippen molar-refractivity contribution < 1.29 is 9.26 Å². The summed E-state index contributed by atoms with van der Waals surface area (Å²) >= 11 is 0. The minimum atomic E-state index is 0.204. The second kappa shape index (κ2) is 8.45. The van der Waals surface area contributed by atoms with E-state index in [1.165, 1.54) is 5.56 Å². The van der Waals surface area contributed by atoms with E-state index in [1.807, 2.05) is 13.0 Å². The van der Waals surface area contributed by atoms with Gasteiger partial charge >= 0.3 is 0 Å². The summed E-state index contributed by atoms with van der Waals surface area (Å²) in [6.07, 6.45) is 1.36. The van der Waals surface area contributed by atoms with E-state index >= 15 is 0 Å². The molecule has 1 aliphatic heterocycles. The van der Waals surface area contributed by atoms with Crippen LogP contribution in [-0.2, 0) is 13.1 Å². The van der Waals surface area contributed by atoms with Crippen LogP contribution < -0.4 is 4.74 Å². The quantitative estimate of drug-likeness (QED) is 0.803. The molecule has 3 rings (SSSR count). The van der Waals surface area contributed by atoms with Crippen LogP contribution >= 0.6 is 0 Å². The molecule has 0 spiro atoms. The van der Waals surface area contributed by atoms with Gasteiger partial charge in [-0.3, -0.25) is 9.80 Å². The Labute approximate surface area is 149 Å². The topological polar surface area (TPSA) is 54.6 Å². The fourth-order valence-corrected chi connectivity index (χ4v) is 3.19. The second-order valence-electron chi connectivity index (χ2n) is 6.95. The molecule has 0 bridgehead atoms. The van der Waals surface area contributed by atoms with Crippen LogP contribution in [0, 0.1) is 6.92 Å². The average Bonchev–Trinajstić information content (AvgIpc) is 2.83. The van der Waals surface area contributed by atoms with Gasteiger partial charge in [-0.2, -0.15) is 4.98 Å². The van der Waals surface area contributed by atoms with Gasteiger partial charge in [0, 0.05) is 26.6 Å². The SMILES string of the molecule is Cc1nc(CN2CCCN(Cc3cccc(OC(C)C)c3)CC2)no1. The fraction of sp³-hybridized carbons (Fsp3) is 0.579. The number of hydrogen-bond donors (Lipinski definition) is 0. The van der Waals surface area contributed by atoms with Crippen molar-refractivity contribution in [2.45, 2.75) is 46.4 Å². The summed E-state index contributed by atoms with van der Waals surface area (Å²) in [4.78, 5) is 9.22. The zero-order valence-electron chi connectivity index (χ0n) is 15.4. The van der Waals surface area contributed by atoms with Gasteiger partial charge in [0.1, 0.15) is 5.75 Å². The predicted octanol–water partition coefficient (Wildman–Crippen LogP) is 2.87. The summed E-state index contributed by atoms with van der Waals surface area (Å²) in [5.74, 6) is 2.37. The zero-order chi connectivity index (χ0) is 17.6. The van der Waals surface area contributed by atoms with Gasteiger partial charge in [0.2, 0.25) is 5.89 Å². The summed E-state index contributed by atoms with van der Waals surface area (Å²) in [7, 11) is 0. The van der Waals surface area contributed by atoms with Crippen LogP contribution in [-0.4, -0.2) is 52.2 Å². The third-order valence-electron chi connectivity index (χ3n) is 4.29. The summed E-state index contributed by atoms with van der Waals surface area (Å²) in [5, 5.41) is 4.01. The molecular weight excluding hydrogens is 316 g/mol. The highest BCUT2D eigenvalue weighted by Crippen LogP contribution is 2.17. The lowest BCUT2D eigenvalue weighted by Crippen LogP contribution is -2.30. The van der Waals surface area contributed by atoms with Gasteiger partial charge in [0.05, 0.1) is 12.6 Å². The first-order valence-electron chi connectivity index (χ1n) is 9.08. The Kier molecular flexibility index (Phi) is 6.04. The Morgan fingerprint density at radius 2 is 1.88 bits per heavy atom. The molecule has 2 aromatic rings. The molecule has 1 saturated heterocycles. The van der Waals surface area contributed by atoms with E-state index in [-0.39, 0.29) is 6.10 Å². The highest BCUT2D eigenvalue weighted by molar-refractivity contribution is 5.28. The lowest BCUT2D eigenvalue weighted by atomic mass is 10.2. The van der Waals surface area contributed by atoms with Crippen molar-refractivity contribution in [3.63, 3.8) is 0 Å². The molecule has 0 unspecified atom stereocenters. The standard InChI is InChI=1S/C19H28N4O2/c1-15(2)24-18-7-4-6-17(12-18)13-22-8-5-9-23(11-10-22)14-19-20-16(3)25-21-19/h4,6-7,12,15H,5,8-11,13-14H2,1-3H3. The largest absolute Gasteiger partial charge is 0.491 e. The molecule has 1 aromatic heterocycles. The monoisotopic (exact) mass is 344 g/mol. The molecule has 2 heterocycles. The number of ether oxygens (including phenoxy) is 1. The van der Waals surface area contributed by atoms with Crippen molar-refractivity contribution in [2.24, 2.45) is 0 Å². The van der Waals surface area contributed by atoms with Crippen LogP contribution in [0.25, 0.3) is 0 Å². The van der Waals surface area contributed by atoms with Crippen LogP contribution in [0.2, 0.25) is 0 Å². The Morgan fingerprint density at radius 3 is 2.56 bits per heavy atom. The van der Waals surface area contributed by atoms with Crippen LogP contribution in [0.4, 0.5) is 0 Å². The number of rotatable bonds is 6. The first-order chi connectivity index (χ1) is 12.1. The molecule has 0 amide bonds. The molecule has 6 heteroatoms. The molecule has 1 aromatic carbocycles. The highest BCUT2D eigenvalue weighted by atomic mass is 16.5. The van der Waals surface area contributed by atoms with Gasteiger partial charge in [-0.25, -0.2) is 0 Å². The molecule has 0 atom stereocenters. The van der Waals surface area contributed by atoms with E-state index in [1.54, 1.807) is 0 Å². The molecule has 6 nitrogen and oxygen atoms in total. The third-order valence-corrected chi connectivity index (χ3v) is 4.29. The fourth-order valence-electron chi connectivity index (χ4n) is 3.19. The van der Waals surface area contributed by atoms with E-state index in [2.05, 4.69) is 52.0 Å². The van der Waals surface area contributed by atoms with Gasteiger partial charge in [0.25, 0.3) is 0 Å². The maximum Gasteiger partial charge on any atom is 0.223 e. The number of benzene rings is 1. The van der Waals surface area contributed by atoms with Crippen LogP contribution in [0.15, 0.2) is 28.8 Å². The Balaban J connectivity index is 1.53. The predicted molar refractivity (Wildman–Crippen MR) is 96.4 cm³/mol. The molecule has 0 N–H and O–H groups in total. The van der Waals surface area contributed by atoms with E-state index in [0.29, 0.717) is 5.89 Å². The molecular formula is C19H28N4O2. The van der Waals surface area contributed by atoms with E-state index in [4.69, 9.17) is 9.26 Å². The molecule has 1 aliphatic rings. The molecule has 1 fully saturated rings. The van der Waals surface area contributed by atoms with E-state index < -0.39 is 0 Å². The first kappa shape index (κ1) is 17.9. The number of nitrogens with zero attached hydrogens (tertiary/aromatic N) is 4. The van der Waals surface area contributed by atoms with Crippen molar-refractivity contribution >= 4 is 0 Å². The summed E-state index contributed by atoms with van der Waals surface area (Å²) in [6, 6.07) is 8.44. The van der Waals surface area contributed by atoms with Gasteiger partial charge in [-0.15, -0.1) is 0 Å². The summed E-state index contributed by atoms with van der Waals surface area (Å²) in [6.45, 7) is 11.9. The summed E-state index contributed by atoms with van der Waals surface area (Å²) in [5.41, 5.74) is 1.31. The minimum Gasteiger partial charge on any atom is -0.491 e. The average molecular weight is 344 g/mol. The first-order valence-corrected chi connectivity index (χ1v) is 9.08. The van der Waals surface area contributed by atoms with Gasteiger partial charge in [0.15, 0.2) is 5.82 Å². The third kappa shape index (κ3) is 5.54. The van der Waals surface area contributed by atoms with Crippen LogP contribution in [0.1, 0.15) is 37.5 Å². The van der Waals surface area contributed by atoms with Crippen molar-refractivity contribution in [3.05, 3.63) is 41.5 Å². The maximum absolute atomic E-state index is 5.80. The van der Waals surface area contributed by atoms with Crippen molar-refractivity contribution in [1.82, 2.24) is 19.9 Å². The Morgan fingerprint density at radius 1 is 1.12 bits per heavy atom. The maximum atomic E-state index is 5.80. The highest BCUT2D eigenvalue weighted by Gasteiger charge is 2.17. The summed E-state index contributed by atoms with van der Waals surface area (Å²) < 4.78 is 10.9. The van der Waals surface area contributed by atoms with Gasteiger partial charge in [-0.05, 0) is 51.1 Å². The van der Waals surface area contributed by atoms with Gasteiger partial charge < -0.3 is 9.26 Å². The Hall–Kier alpha value is -1.92. The normalized spacial score (nSPS) is 17.0. The number of aromatic nitrogens is 2. The molecule has 0 saturated carbocycles. The van der Waals surface area contributed by atoms with E-state index in [9.17, 15) is 0 Å². The smallest absolute Gasteiger partial charge is 0.223 e. The molecule has 25 heavy (non-hydrogen) atoms. The molecule has 136 valence electrons. The Bertz CT molecular complexity index is 671.